The molecule has 1 aliphatic rings. The number of hydrogen-bond donors (Lipinski definition) is 1. The smallest absolute Gasteiger partial charge is 0.270 e. The number of nitro benzene ring substituents is 1. The third-order valence-electron chi connectivity index (χ3n) is 4.15. The second-order valence-corrected chi connectivity index (χ2v) is 9.68. The summed E-state index contributed by atoms with van der Waals surface area (Å²) in [6, 6.07) is 8.92. The highest BCUT2D eigenvalue weighted by Crippen LogP contribution is 2.34. The van der Waals surface area contributed by atoms with Crippen LogP contribution in [-0.4, -0.2) is 41.2 Å². The second kappa shape index (κ2) is 7.28. The molecule has 1 N–H and O–H groups in total. The largest absolute Gasteiger partial charge is 0.495 e. The molecule has 2 aromatic rings. The molecule has 10 nitrogen and oxygen atoms in total. The lowest BCUT2D eigenvalue weighted by Gasteiger charge is -2.19. The molecule has 1 saturated heterocycles. The van der Waals surface area contributed by atoms with Gasteiger partial charge in [0, 0.05) is 18.7 Å². The fraction of sp³-hybridized carbons (Fsp3) is 0.250. The zero-order valence-corrected chi connectivity index (χ0v) is 16.4. The summed E-state index contributed by atoms with van der Waals surface area (Å²) in [5, 5.41) is 10.9. The Morgan fingerprint density at radius 1 is 1.21 bits per heavy atom. The Morgan fingerprint density at radius 3 is 2.57 bits per heavy atom. The lowest BCUT2D eigenvalue weighted by atomic mass is 10.2. The quantitative estimate of drug-likeness (QED) is 0.549. The third kappa shape index (κ3) is 3.87. The average molecular weight is 427 g/mol. The van der Waals surface area contributed by atoms with Crippen LogP contribution in [0.3, 0.4) is 0 Å². The summed E-state index contributed by atoms with van der Waals surface area (Å²) < 4.78 is 58.3. The van der Waals surface area contributed by atoms with Crippen LogP contribution in [0.5, 0.6) is 5.75 Å². The average Bonchev–Trinajstić information content (AvgIpc) is 3.00. The number of nitrogens with zero attached hydrogens (tertiary/aromatic N) is 2. The summed E-state index contributed by atoms with van der Waals surface area (Å²) in [6.45, 7) is 0.297. The Balaban J connectivity index is 2.00. The van der Waals surface area contributed by atoms with Gasteiger partial charge in [0.05, 0.1) is 34.1 Å². The van der Waals surface area contributed by atoms with Crippen molar-refractivity contribution in [2.75, 3.05) is 28.4 Å². The highest BCUT2D eigenvalue weighted by molar-refractivity contribution is 7.93. The van der Waals surface area contributed by atoms with E-state index in [1.807, 2.05) is 0 Å². The fourth-order valence-electron chi connectivity index (χ4n) is 2.83. The molecule has 1 aliphatic heterocycles. The first kappa shape index (κ1) is 19.9. The summed E-state index contributed by atoms with van der Waals surface area (Å²) >= 11 is 0. The molecule has 0 amide bonds. The van der Waals surface area contributed by atoms with Crippen LogP contribution in [-0.2, 0) is 20.0 Å². The second-order valence-electron chi connectivity index (χ2n) is 5.99. The van der Waals surface area contributed by atoms with Gasteiger partial charge in [-0.15, -0.1) is 0 Å². The predicted octanol–water partition coefficient (Wildman–Crippen LogP) is 1.94. The van der Waals surface area contributed by atoms with Crippen molar-refractivity contribution < 1.29 is 26.5 Å². The van der Waals surface area contributed by atoms with E-state index < -0.39 is 25.0 Å². The molecule has 0 saturated carbocycles. The number of rotatable bonds is 6. The Hall–Kier alpha value is -2.86. The lowest BCUT2D eigenvalue weighted by molar-refractivity contribution is -0.385. The van der Waals surface area contributed by atoms with E-state index in [2.05, 4.69) is 4.72 Å². The molecule has 0 unspecified atom stereocenters. The molecule has 0 aromatic heterocycles. The zero-order chi connectivity index (χ0) is 20.5. The van der Waals surface area contributed by atoms with Gasteiger partial charge in [-0.1, -0.05) is 6.07 Å². The van der Waals surface area contributed by atoms with E-state index in [1.165, 1.54) is 47.8 Å². The molecule has 150 valence electrons. The Kier molecular flexibility index (Phi) is 5.17. The minimum Gasteiger partial charge on any atom is -0.495 e. The van der Waals surface area contributed by atoms with Gasteiger partial charge in [-0.05, 0) is 30.7 Å². The number of nitrogens with one attached hydrogen (secondary N) is 1. The number of sulfonamides is 2. The van der Waals surface area contributed by atoms with Gasteiger partial charge in [0.1, 0.15) is 5.75 Å². The van der Waals surface area contributed by atoms with Crippen LogP contribution in [0, 0.1) is 10.1 Å². The van der Waals surface area contributed by atoms with Crippen molar-refractivity contribution in [3.05, 3.63) is 52.6 Å². The van der Waals surface area contributed by atoms with E-state index in [4.69, 9.17) is 4.74 Å². The van der Waals surface area contributed by atoms with E-state index >= 15 is 0 Å². The van der Waals surface area contributed by atoms with Gasteiger partial charge in [-0.3, -0.25) is 19.1 Å². The van der Waals surface area contributed by atoms with Crippen LogP contribution < -0.4 is 13.8 Å². The van der Waals surface area contributed by atoms with Crippen molar-refractivity contribution >= 4 is 37.1 Å². The van der Waals surface area contributed by atoms with E-state index in [0.29, 0.717) is 18.7 Å². The summed E-state index contributed by atoms with van der Waals surface area (Å²) in [7, 11) is -6.28. The molecule has 0 spiro atoms. The monoisotopic (exact) mass is 427 g/mol. The molecular formula is C16H17N3O7S2. The number of nitro groups is 1. The molecule has 0 aliphatic carbocycles. The van der Waals surface area contributed by atoms with Gasteiger partial charge in [0.2, 0.25) is 10.0 Å². The molecule has 2 aromatic carbocycles. The summed E-state index contributed by atoms with van der Waals surface area (Å²) in [6.07, 6.45) is 0.475. The number of ether oxygens (including phenoxy) is 1. The van der Waals surface area contributed by atoms with Crippen molar-refractivity contribution in [1.29, 1.82) is 0 Å². The molecule has 3 rings (SSSR count). The summed E-state index contributed by atoms with van der Waals surface area (Å²) in [5.41, 5.74) is -0.0459. The van der Waals surface area contributed by atoms with Crippen LogP contribution in [0.2, 0.25) is 0 Å². The minimum absolute atomic E-state index is 0.0216. The summed E-state index contributed by atoms with van der Waals surface area (Å²) in [5.74, 6) is 0.197. The number of anilines is 2. The topological polar surface area (TPSA) is 136 Å². The first-order chi connectivity index (χ1) is 13.1. The number of benzene rings is 2. The Bertz CT molecular complexity index is 1130. The highest BCUT2D eigenvalue weighted by atomic mass is 32.2. The molecule has 0 radical (unpaired) electrons. The first-order valence-corrected chi connectivity index (χ1v) is 11.2. The van der Waals surface area contributed by atoms with Gasteiger partial charge < -0.3 is 4.74 Å². The Labute approximate surface area is 162 Å². The van der Waals surface area contributed by atoms with Crippen LogP contribution in [0.1, 0.15) is 6.42 Å². The first-order valence-electron chi connectivity index (χ1n) is 8.10. The lowest BCUT2D eigenvalue weighted by Crippen LogP contribution is -2.25. The molecular weight excluding hydrogens is 410 g/mol. The van der Waals surface area contributed by atoms with Gasteiger partial charge in [-0.2, -0.15) is 0 Å². The van der Waals surface area contributed by atoms with Crippen molar-refractivity contribution in [2.45, 2.75) is 11.3 Å². The van der Waals surface area contributed by atoms with Gasteiger partial charge in [0.25, 0.3) is 15.7 Å². The van der Waals surface area contributed by atoms with Crippen molar-refractivity contribution in [3.63, 3.8) is 0 Å². The fourth-order valence-corrected chi connectivity index (χ4v) is 5.49. The third-order valence-corrected chi connectivity index (χ3v) is 7.39. The predicted molar refractivity (Wildman–Crippen MR) is 103 cm³/mol. The number of hydrogen-bond acceptors (Lipinski definition) is 7. The maximum absolute atomic E-state index is 12.7. The van der Waals surface area contributed by atoms with Gasteiger partial charge in [-0.25, -0.2) is 16.8 Å². The maximum atomic E-state index is 12.7. The van der Waals surface area contributed by atoms with Crippen molar-refractivity contribution in [1.82, 2.24) is 0 Å². The minimum atomic E-state index is -4.17. The van der Waals surface area contributed by atoms with Gasteiger partial charge >= 0.3 is 0 Å². The highest BCUT2D eigenvalue weighted by Gasteiger charge is 2.29. The SMILES string of the molecule is COc1ccc(N2CCCS2(=O)=O)cc1NS(=O)(=O)c1cccc([N+](=O)[O-])c1. The number of non-ortho nitro benzene ring substituents is 1. The van der Waals surface area contributed by atoms with Crippen molar-refractivity contribution in [2.24, 2.45) is 0 Å². The van der Waals surface area contributed by atoms with Crippen LogP contribution in [0.25, 0.3) is 0 Å². The van der Waals surface area contributed by atoms with E-state index in [0.717, 1.165) is 6.07 Å². The van der Waals surface area contributed by atoms with Crippen LogP contribution in [0.15, 0.2) is 47.4 Å². The van der Waals surface area contributed by atoms with Crippen LogP contribution in [0.4, 0.5) is 17.1 Å². The molecule has 1 heterocycles. The maximum Gasteiger partial charge on any atom is 0.270 e. The van der Waals surface area contributed by atoms with E-state index in [1.54, 1.807) is 0 Å². The number of methoxy groups -OCH3 is 1. The normalized spacial score (nSPS) is 16.0. The van der Waals surface area contributed by atoms with Gasteiger partial charge in [0.15, 0.2) is 0 Å². The molecule has 28 heavy (non-hydrogen) atoms. The van der Waals surface area contributed by atoms with Crippen LogP contribution >= 0.6 is 0 Å². The molecule has 1 fully saturated rings. The van der Waals surface area contributed by atoms with E-state index in [-0.39, 0.29) is 27.8 Å². The van der Waals surface area contributed by atoms with E-state index in [9.17, 15) is 26.9 Å². The van der Waals surface area contributed by atoms with Crippen molar-refractivity contribution in [3.8, 4) is 5.75 Å². The molecule has 12 heteroatoms. The molecule has 0 bridgehead atoms. The Morgan fingerprint density at radius 2 is 1.96 bits per heavy atom. The zero-order valence-electron chi connectivity index (χ0n) is 14.7. The molecule has 0 atom stereocenters. The standard InChI is InChI=1S/C16H17N3O7S2/c1-26-16-7-6-12(18-8-3-9-27(18,22)23)11-15(16)17-28(24,25)14-5-2-4-13(10-14)19(20)21/h2,4-7,10-11,17H,3,8-9H2,1H3. The summed E-state index contributed by atoms with van der Waals surface area (Å²) in [4.78, 5) is 9.90.